The summed E-state index contributed by atoms with van der Waals surface area (Å²) in [5.41, 5.74) is 1.74. The summed E-state index contributed by atoms with van der Waals surface area (Å²) < 4.78 is 10.4. The molecule has 0 saturated carbocycles. The predicted molar refractivity (Wildman–Crippen MR) is 105 cm³/mol. The second-order valence-electron chi connectivity index (χ2n) is 7.60. The number of rotatable bonds is 6. The molecule has 2 aromatic carbocycles. The van der Waals surface area contributed by atoms with Gasteiger partial charge in [-0.1, -0.05) is 47.6 Å². The van der Waals surface area contributed by atoms with E-state index >= 15 is 0 Å². The Hall–Kier alpha value is -3.15. The molecular weight excluding hydrogens is 356 g/mol. The number of hydrogen-bond donors (Lipinski definition) is 0. The van der Waals surface area contributed by atoms with Crippen LogP contribution >= 0.6 is 0 Å². The van der Waals surface area contributed by atoms with Gasteiger partial charge in [0.1, 0.15) is 5.69 Å². The van der Waals surface area contributed by atoms with Gasteiger partial charge in [0.2, 0.25) is 0 Å². The number of fused-ring (bicyclic) bond motifs is 1. The fourth-order valence-electron chi connectivity index (χ4n) is 2.94. The molecule has 0 aliphatic rings. The first kappa shape index (κ1) is 19.6. The molecular formula is C22H24N2O4. The van der Waals surface area contributed by atoms with Gasteiger partial charge in [0.25, 0.3) is 5.91 Å². The van der Waals surface area contributed by atoms with Crippen molar-refractivity contribution in [3.8, 4) is 0 Å². The maximum absolute atomic E-state index is 12.7. The van der Waals surface area contributed by atoms with Gasteiger partial charge in [-0.2, -0.15) is 0 Å². The van der Waals surface area contributed by atoms with Gasteiger partial charge in [0.15, 0.2) is 12.2 Å². The van der Waals surface area contributed by atoms with Crippen LogP contribution in [0.4, 0.5) is 0 Å². The number of para-hydroxylation sites is 1. The summed E-state index contributed by atoms with van der Waals surface area (Å²) in [6.07, 6.45) is -0.0432. The van der Waals surface area contributed by atoms with E-state index in [2.05, 4.69) is 5.16 Å². The Morgan fingerprint density at radius 1 is 1.04 bits per heavy atom. The minimum Gasteiger partial charge on any atom is -0.455 e. The molecule has 0 unspecified atom stereocenters. The summed E-state index contributed by atoms with van der Waals surface area (Å²) in [7, 11) is 0. The first-order valence-electron chi connectivity index (χ1n) is 9.18. The Labute approximate surface area is 164 Å². The summed E-state index contributed by atoms with van der Waals surface area (Å²) in [5, 5.41) is 4.69. The number of carbonyl (C=O) groups excluding carboxylic acids is 2. The van der Waals surface area contributed by atoms with Crippen molar-refractivity contribution in [3.05, 3.63) is 65.9 Å². The smallest absolute Gasteiger partial charge is 0.312 e. The van der Waals surface area contributed by atoms with Crippen LogP contribution in [0.5, 0.6) is 0 Å². The molecule has 0 atom stereocenters. The van der Waals surface area contributed by atoms with Crippen molar-refractivity contribution >= 4 is 22.8 Å². The van der Waals surface area contributed by atoms with Crippen LogP contribution < -0.4 is 0 Å². The number of hydrogen-bond acceptors (Lipinski definition) is 5. The average Bonchev–Trinajstić information content (AvgIpc) is 3.07. The average molecular weight is 380 g/mol. The number of esters is 1. The molecule has 0 fully saturated rings. The van der Waals surface area contributed by atoms with Gasteiger partial charge in [-0.3, -0.25) is 9.59 Å². The maximum Gasteiger partial charge on any atom is 0.312 e. The van der Waals surface area contributed by atoms with Crippen molar-refractivity contribution in [2.45, 2.75) is 39.3 Å². The van der Waals surface area contributed by atoms with Gasteiger partial charge in [-0.05, 0) is 38.5 Å². The van der Waals surface area contributed by atoms with Crippen LogP contribution in [-0.4, -0.2) is 34.1 Å². The molecule has 6 heteroatoms. The zero-order valence-electron chi connectivity index (χ0n) is 16.3. The second kappa shape index (κ2) is 8.25. The highest BCUT2D eigenvalue weighted by molar-refractivity contribution is 5.85. The minimum atomic E-state index is -0.513. The van der Waals surface area contributed by atoms with E-state index < -0.39 is 11.5 Å². The van der Waals surface area contributed by atoms with E-state index in [9.17, 15) is 9.59 Å². The number of aromatic nitrogens is 1. The van der Waals surface area contributed by atoms with Crippen molar-refractivity contribution < 1.29 is 18.8 Å². The van der Waals surface area contributed by atoms with Gasteiger partial charge < -0.3 is 14.2 Å². The molecule has 0 aliphatic heterocycles. The van der Waals surface area contributed by atoms with Crippen molar-refractivity contribution in [1.29, 1.82) is 0 Å². The third kappa shape index (κ3) is 4.76. The summed E-state index contributed by atoms with van der Waals surface area (Å²) in [6, 6.07) is 17.0. The van der Waals surface area contributed by atoms with E-state index in [0.29, 0.717) is 17.8 Å². The van der Waals surface area contributed by atoms with Crippen molar-refractivity contribution in [3.63, 3.8) is 0 Å². The molecule has 3 aromatic rings. The molecule has 28 heavy (non-hydrogen) atoms. The van der Waals surface area contributed by atoms with Crippen LogP contribution in [0.3, 0.4) is 0 Å². The molecule has 1 aromatic heterocycles. The number of nitrogens with zero attached hydrogens (tertiary/aromatic N) is 2. The summed E-state index contributed by atoms with van der Waals surface area (Å²) in [5.74, 6) is -0.754. The molecule has 0 spiro atoms. The molecule has 3 rings (SSSR count). The SMILES string of the molecule is CC(C)(C)N(Cc1ccccc1)C(=O)COC(=O)Cc1noc2ccccc12. The van der Waals surface area contributed by atoms with E-state index in [1.165, 1.54) is 0 Å². The first-order valence-corrected chi connectivity index (χ1v) is 9.18. The fraction of sp³-hybridized carbons (Fsp3) is 0.318. The van der Waals surface area contributed by atoms with Crippen molar-refractivity contribution in [2.75, 3.05) is 6.61 Å². The zero-order valence-corrected chi connectivity index (χ0v) is 16.3. The summed E-state index contributed by atoms with van der Waals surface area (Å²) >= 11 is 0. The van der Waals surface area contributed by atoms with Gasteiger partial charge in [-0.25, -0.2) is 0 Å². The topological polar surface area (TPSA) is 72.6 Å². The standard InChI is InChI=1S/C22H24N2O4/c1-22(2,3)24(14-16-9-5-4-6-10-16)20(25)15-27-21(26)13-18-17-11-7-8-12-19(17)28-23-18/h4-12H,13-15H2,1-3H3. The monoisotopic (exact) mass is 380 g/mol. The molecule has 146 valence electrons. The van der Waals surface area contributed by atoms with Crippen molar-refractivity contribution in [1.82, 2.24) is 10.1 Å². The number of amides is 1. The lowest BCUT2D eigenvalue weighted by Crippen LogP contribution is -2.46. The van der Waals surface area contributed by atoms with Gasteiger partial charge in [-0.15, -0.1) is 0 Å². The van der Waals surface area contributed by atoms with E-state index in [1.807, 2.05) is 69.3 Å². The number of ether oxygens (including phenoxy) is 1. The lowest BCUT2D eigenvalue weighted by Gasteiger charge is -2.35. The zero-order chi connectivity index (χ0) is 20.1. The molecule has 0 aliphatic carbocycles. The Morgan fingerprint density at radius 2 is 1.71 bits per heavy atom. The predicted octanol–water partition coefficient (Wildman–Crippen LogP) is 3.74. The molecule has 6 nitrogen and oxygen atoms in total. The van der Waals surface area contributed by atoms with E-state index in [4.69, 9.17) is 9.26 Å². The van der Waals surface area contributed by atoms with Crippen LogP contribution in [0.25, 0.3) is 11.0 Å². The van der Waals surface area contributed by atoms with Gasteiger partial charge in [0.05, 0.1) is 6.42 Å². The normalized spacial score (nSPS) is 11.4. The molecule has 1 amide bonds. The van der Waals surface area contributed by atoms with Crippen LogP contribution in [0.15, 0.2) is 59.1 Å². The fourth-order valence-corrected chi connectivity index (χ4v) is 2.94. The first-order chi connectivity index (χ1) is 13.3. The molecule has 0 N–H and O–H groups in total. The van der Waals surface area contributed by atoms with Crippen LogP contribution in [-0.2, 0) is 27.3 Å². The van der Waals surface area contributed by atoms with E-state index in [-0.39, 0.29) is 18.9 Å². The highest BCUT2D eigenvalue weighted by Gasteiger charge is 2.27. The van der Waals surface area contributed by atoms with Crippen LogP contribution in [0.1, 0.15) is 32.0 Å². The van der Waals surface area contributed by atoms with Gasteiger partial charge in [0, 0.05) is 17.5 Å². The molecule has 0 bridgehead atoms. The Bertz CT molecular complexity index is 957. The third-order valence-corrected chi connectivity index (χ3v) is 4.41. The minimum absolute atomic E-state index is 0.0432. The summed E-state index contributed by atoms with van der Waals surface area (Å²) in [4.78, 5) is 26.7. The lowest BCUT2D eigenvalue weighted by molar-refractivity contribution is -0.154. The van der Waals surface area contributed by atoms with Crippen LogP contribution in [0, 0.1) is 0 Å². The van der Waals surface area contributed by atoms with E-state index in [0.717, 1.165) is 10.9 Å². The summed E-state index contributed by atoms with van der Waals surface area (Å²) in [6.45, 7) is 6.01. The Morgan fingerprint density at radius 3 is 2.43 bits per heavy atom. The number of benzene rings is 2. The third-order valence-electron chi connectivity index (χ3n) is 4.41. The highest BCUT2D eigenvalue weighted by atomic mass is 16.5. The molecule has 1 heterocycles. The lowest BCUT2D eigenvalue weighted by atomic mass is 10.0. The molecule has 0 radical (unpaired) electrons. The number of carbonyl (C=O) groups is 2. The maximum atomic E-state index is 12.7. The highest BCUT2D eigenvalue weighted by Crippen LogP contribution is 2.19. The van der Waals surface area contributed by atoms with Gasteiger partial charge >= 0.3 is 5.97 Å². The second-order valence-corrected chi connectivity index (χ2v) is 7.60. The largest absolute Gasteiger partial charge is 0.455 e. The Balaban J connectivity index is 1.61. The molecule has 0 saturated heterocycles. The van der Waals surface area contributed by atoms with Crippen molar-refractivity contribution in [2.24, 2.45) is 0 Å². The van der Waals surface area contributed by atoms with Crippen LogP contribution in [0.2, 0.25) is 0 Å². The quantitative estimate of drug-likeness (QED) is 0.609. The Kier molecular flexibility index (Phi) is 5.78. The van der Waals surface area contributed by atoms with E-state index in [1.54, 1.807) is 11.0 Å².